The second-order valence-corrected chi connectivity index (χ2v) is 7.02. The average molecular weight is 354 g/mol. The van der Waals surface area contributed by atoms with Crippen LogP contribution in [0.3, 0.4) is 0 Å². The molecule has 1 saturated carbocycles. The SMILES string of the molecule is CCCC1CCCC(Nc2cccc(Br)c2)(C(=O)O)CC1. The Labute approximate surface area is 135 Å². The molecule has 2 N–H and O–H groups in total. The predicted octanol–water partition coefficient (Wildman–Crippen LogP) is 5.06. The summed E-state index contributed by atoms with van der Waals surface area (Å²) in [4.78, 5) is 11.9. The van der Waals surface area contributed by atoms with Gasteiger partial charge in [-0.3, -0.25) is 0 Å². The highest BCUT2D eigenvalue weighted by molar-refractivity contribution is 9.10. The van der Waals surface area contributed by atoms with E-state index in [1.807, 2.05) is 24.3 Å². The fourth-order valence-corrected chi connectivity index (χ4v) is 3.74. The number of carbonyl (C=O) groups is 1. The number of benzene rings is 1. The average Bonchev–Trinajstić information content (AvgIpc) is 2.63. The highest BCUT2D eigenvalue weighted by atomic mass is 79.9. The third-order valence-corrected chi connectivity index (χ3v) is 5.00. The van der Waals surface area contributed by atoms with Gasteiger partial charge < -0.3 is 10.4 Å². The van der Waals surface area contributed by atoms with Crippen LogP contribution < -0.4 is 5.32 Å². The Balaban J connectivity index is 2.15. The lowest BCUT2D eigenvalue weighted by Crippen LogP contribution is -2.46. The molecule has 0 amide bonds. The molecule has 2 rings (SSSR count). The molecule has 1 fully saturated rings. The van der Waals surface area contributed by atoms with Crippen molar-refractivity contribution in [1.82, 2.24) is 0 Å². The van der Waals surface area contributed by atoms with Crippen LogP contribution in [-0.4, -0.2) is 16.6 Å². The maximum Gasteiger partial charge on any atom is 0.329 e. The van der Waals surface area contributed by atoms with Crippen LogP contribution in [0.5, 0.6) is 0 Å². The van der Waals surface area contributed by atoms with E-state index in [1.165, 1.54) is 12.8 Å². The number of anilines is 1. The second-order valence-electron chi connectivity index (χ2n) is 6.11. The van der Waals surface area contributed by atoms with Gasteiger partial charge in [0.15, 0.2) is 0 Å². The number of nitrogens with one attached hydrogen (secondary N) is 1. The molecule has 0 saturated heterocycles. The van der Waals surface area contributed by atoms with Crippen molar-refractivity contribution < 1.29 is 9.90 Å². The van der Waals surface area contributed by atoms with Crippen molar-refractivity contribution in [3.8, 4) is 0 Å². The Hall–Kier alpha value is -1.03. The summed E-state index contributed by atoms with van der Waals surface area (Å²) in [6.07, 6.45) is 6.95. The molecule has 1 aliphatic carbocycles. The van der Waals surface area contributed by atoms with Crippen molar-refractivity contribution in [3.05, 3.63) is 28.7 Å². The van der Waals surface area contributed by atoms with Crippen LogP contribution in [0.25, 0.3) is 0 Å². The van der Waals surface area contributed by atoms with Gasteiger partial charge in [-0.2, -0.15) is 0 Å². The van der Waals surface area contributed by atoms with Crippen molar-refractivity contribution in [2.24, 2.45) is 5.92 Å². The number of carboxylic acid groups (broad SMARTS) is 1. The summed E-state index contributed by atoms with van der Waals surface area (Å²) in [5, 5.41) is 13.1. The largest absolute Gasteiger partial charge is 0.480 e. The Morgan fingerprint density at radius 1 is 1.43 bits per heavy atom. The van der Waals surface area contributed by atoms with Gasteiger partial charge in [0.1, 0.15) is 5.54 Å². The summed E-state index contributed by atoms with van der Waals surface area (Å²) in [6.45, 7) is 2.20. The van der Waals surface area contributed by atoms with Gasteiger partial charge in [0, 0.05) is 10.2 Å². The molecule has 1 aromatic rings. The second kappa shape index (κ2) is 7.30. The van der Waals surface area contributed by atoms with Gasteiger partial charge in [0.2, 0.25) is 0 Å². The van der Waals surface area contributed by atoms with Gasteiger partial charge in [-0.05, 0) is 43.4 Å². The van der Waals surface area contributed by atoms with Crippen LogP contribution in [0.4, 0.5) is 5.69 Å². The number of carboxylic acids is 1. The maximum absolute atomic E-state index is 11.9. The fourth-order valence-electron chi connectivity index (χ4n) is 3.34. The quantitative estimate of drug-likeness (QED) is 0.726. The minimum Gasteiger partial charge on any atom is -0.480 e. The number of halogens is 1. The summed E-state index contributed by atoms with van der Waals surface area (Å²) in [7, 11) is 0. The number of hydrogen-bond acceptors (Lipinski definition) is 2. The van der Waals surface area contributed by atoms with E-state index in [1.54, 1.807) is 0 Å². The van der Waals surface area contributed by atoms with Gasteiger partial charge in [0.25, 0.3) is 0 Å². The summed E-state index contributed by atoms with van der Waals surface area (Å²) in [6, 6.07) is 7.75. The van der Waals surface area contributed by atoms with E-state index in [0.29, 0.717) is 18.8 Å². The molecule has 21 heavy (non-hydrogen) atoms. The molecule has 0 aliphatic heterocycles. The number of hydrogen-bond donors (Lipinski definition) is 2. The van der Waals surface area contributed by atoms with E-state index in [-0.39, 0.29) is 0 Å². The lowest BCUT2D eigenvalue weighted by molar-refractivity contribution is -0.142. The predicted molar refractivity (Wildman–Crippen MR) is 89.6 cm³/mol. The normalized spacial score (nSPS) is 26.1. The lowest BCUT2D eigenvalue weighted by atomic mass is 9.88. The highest BCUT2D eigenvalue weighted by Crippen LogP contribution is 2.35. The van der Waals surface area contributed by atoms with Crippen LogP contribution in [0, 0.1) is 5.92 Å². The Morgan fingerprint density at radius 3 is 2.90 bits per heavy atom. The zero-order valence-corrected chi connectivity index (χ0v) is 14.2. The number of aliphatic carboxylic acids is 1. The Kier molecular flexibility index (Phi) is 5.68. The minimum absolute atomic E-state index is 0.681. The van der Waals surface area contributed by atoms with Crippen molar-refractivity contribution in [2.45, 2.75) is 57.4 Å². The summed E-state index contributed by atoms with van der Waals surface area (Å²) in [5.41, 5.74) is 0.0595. The van der Waals surface area contributed by atoms with Gasteiger partial charge in [-0.15, -0.1) is 0 Å². The van der Waals surface area contributed by atoms with E-state index in [0.717, 1.165) is 29.4 Å². The van der Waals surface area contributed by atoms with E-state index in [4.69, 9.17) is 0 Å². The van der Waals surface area contributed by atoms with Gasteiger partial charge in [-0.1, -0.05) is 54.6 Å². The molecule has 1 aliphatic rings. The zero-order chi connectivity index (χ0) is 15.3. The van der Waals surface area contributed by atoms with Crippen LogP contribution in [0.2, 0.25) is 0 Å². The number of rotatable bonds is 5. The van der Waals surface area contributed by atoms with E-state index >= 15 is 0 Å². The summed E-state index contributed by atoms with van der Waals surface area (Å²) < 4.78 is 0.963. The third-order valence-electron chi connectivity index (χ3n) is 4.51. The fraction of sp³-hybridized carbons (Fsp3) is 0.588. The van der Waals surface area contributed by atoms with Gasteiger partial charge in [0.05, 0.1) is 0 Å². The molecule has 2 unspecified atom stereocenters. The summed E-state index contributed by atoms with van der Waals surface area (Å²) in [5.74, 6) is -0.0415. The standard InChI is InChI=1S/C17H24BrNO2/c1-2-5-13-6-4-10-17(11-9-13,16(20)21)19-15-8-3-7-14(18)12-15/h3,7-8,12-13,19H,2,4-6,9-11H2,1H3,(H,20,21). The van der Waals surface area contributed by atoms with Crippen molar-refractivity contribution in [1.29, 1.82) is 0 Å². The van der Waals surface area contributed by atoms with Crippen molar-refractivity contribution in [2.75, 3.05) is 5.32 Å². The third kappa shape index (κ3) is 4.22. The molecule has 0 aromatic heterocycles. The highest BCUT2D eigenvalue weighted by Gasteiger charge is 2.40. The molecule has 4 heteroatoms. The van der Waals surface area contributed by atoms with E-state index in [2.05, 4.69) is 28.2 Å². The van der Waals surface area contributed by atoms with Crippen LogP contribution >= 0.6 is 15.9 Å². The van der Waals surface area contributed by atoms with E-state index < -0.39 is 11.5 Å². The van der Waals surface area contributed by atoms with Crippen molar-refractivity contribution >= 4 is 27.6 Å². The smallest absolute Gasteiger partial charge is 0.329 e. The van der Waals surface area contributed by atoms with Crippen molar-refractivity contribution in [3.63, 3.8) is 0 Å². The van der Waals surface area contributed by atoms with Gasteiger partial charge >= 0.3 is 5.97 Å². The van der Waals surface area contributed by atoms with Crippen LogP contribution in [0.1, 0.15) is 51.9 Å². The molecule has 1 aromatic carbocycles. The van der Waals surface area contributed by atoms with Gasteiger partial charge in [-0.25, -0.2) is 4.79 Å². The Morgan fingerprint density at radius 2 is 2.24 bits per heavy atom. The zero-order valence-electron chi connectivity index (χ0n) is 12.6. The first-order chi connectivity index (χ1) is 10.1. The molecule has 0 bridgehead atoms. The lowest BCUT2D eigenvalue weighted by Gasteiger charge is -2.30. The molecule has 0 heterocycles. The summed E-state index contributed by atoms with van der Waals surface area (Å²) >= 11 is 3.44. The van der Waals surface area contributed by atoms with Crippen LogP contribution in [-0.2, 0) is 4.79 Å². The molecule has 116 valence electrons. The molecule has 0 radical (unpaired) electrons. The first-order valence-electron chi connectivity index (χ1n) is 7.83. The molecular formula is C17H24BrNO2. The van der Waals surface area contributed by atoms with Crippen LogP contribution in [0.15, 0.2) is 28.7 Å². The monoisotopic (exact) mass is 353 g/mol. The topological polar surface area (TPSA) is 49.3 Å². The minimum atomic E-state index is -0.816. The Bertz CT molecular complexity index is 491. The first-order valence-corrected chi connectivity index (χ1v) is 8.62. The molecule has 2 atom stereocenters. The maximum atomic E-state index is 11.9. The molecule has 3 nitrogen and oxygen atoms in total. The van der Waals surface area contributed by atoms with E-state index in [9.17, 15) is 9.90 Å². The first kappa shape index (κ1) is 16.3. The molecule has 0 spiro atoms. The molecular weight excluding hydrogens is 330 g/mol.